The standard InChI is InChI=1S/C11H15N7S/c12-15-8-6-10(14-7-13-8)19-11-17-16-9-4-2-1-3-5-18(9)11/h6-7H,1-5,12H2,(H,13,14,15). The first-order chi connectivity index (χ1) is 9.36. The van der Waals surface area contributed by atoms with Crippen LogP contribution in [0, 0.1) is 0 Å². The second-order valence-electron chi connectivity index (χ2n) is 4.35. The normalized spacial score (nSPS) is 14.8. The molecule has 0 fully saturated rings. The maximum atomic E-state index is 5.34. The van der Waals surface area contributed by atoms with Crippen LogP contribution in [0.5, 0.6) is 0 Å². The molecule has 0 aliphatic carbocycles. The van der Waals surface area contributed by atoms with Gasteiger partial charge >= 0.3 is 0 Å². The molecule has 1 aliphatic heterocycles. The smallest absolute Gasteiger partial charge is 0.197 e. The van der Waals surface area contributed by atoms with Crippen LogP contribution in [0.15, 0.2) is 22.6 Å². The molecule has 0 saturated carbocycles. The molecule has 0 atom stereocenters. The molecule has 1 aliphatic rings. The van der Waals surface area contributed by atoms with E-state index in [9.17, 15) is 0 Å². The number of aromatic nitrogens is 5. The van der Waals surface area contributed by atoms with Crippen molar-refractivity contribution in [3.8, 4) is 0 Å². The van der Waals surface area contributed by atoms with Crippen LogP contribution in [-0.2, 0) is 13.0 Å². The van der Waals surface area contributed by atoms with E-state index in [1.807, 2.05) is 0 Å². The fourth-order valence-corrected chi connectivity index (χ4v) is 2.95. The molecule has 2 aromatic heterocycles. The lowest BCUT2D eigenvalue weighted by Gasteiger charge is -2.06. The van der Waals surface area contributed by atoms with E-state index >= 15 is 0 Å². The zero-order valence-electron chi connectivity index (χ0n) is 10.4. The molecule has 8 heteroatoms. The third-order valence-electron chi connectivity index (χ3n) is 3.06. The van der Waals surface area contributed by atoms with Gasteiger partial charge in [0.2, 0.25) is 0 Å². The van der Waals surface area contributed by atoms with Crippen LogP contribution in [-0.4, -0.2) is 24.7 Å². The zero-order valence-corrected chi connectivity index (χ0v) is 11.2. The van der Waals surface area contributed by atoms with Crippen molar-refractivity contribution in [3.05, 3.63) is 18.2 Å². The molecule has 0 amide bonds. The molecule has 3 N–H and O–H groups in total. The van der Waals surface area contributed by atoms with Gasteiger partial charge in [0.15, 0.2) is 5.16 Å². The number of hydrogen-bond donors (Lipinski definition) is 2. The Labute approximate surface area is 115 Å². The fourth-order valence-electron chi connectivity index (χ4n) is 2.10. The lowest BCUT2D eigenvalue weighted by Crippen LogP contribution is -2.08. The molecule has 0 bridgehead atoms. The molecule has 0 radical (unpaired) electrons. The minimum absolute atomic E-state index is 0.591. The highest BCUT2D eigenvalue weighted by atomic mass is 32.2. The minimum Gasteiger partial charge on any atom is -0.308 e. The summed E-state index contributed by atoms with van der Waals surface area (Å²) in [5.74, 6) is 7.01. The summed E-state index contributed by atoms with van der Waals surface area (Å²) in [6.07, 6.45) is 6.11. The molecule has 2 aromatic rings. The predicted molar refractivity (Wildman–Crippen MR) is 71.5 cm³/mol. The van der Waals surface area contributed by atoms with Crippen molar-refractivity contribution < 1.29 is 0 Å². The number of anilines is 1. The maximum absolute atomic E-state index is 5.34. The van der Waals surface area contributed by atoms with Gasteiger partial charge in [0.25, 0.3) is 0 Å². The van der Waals surface area contributed by atoms with E-state index in [1.165, 1.54) is 37.4 Å². The van der Waals surface area contributed by atoms with Gasteiger partial charge in [-0.05, 0) is 24.6 Å². The average Bonchev–Trinajstić information content (AvgIpc) is 2.68. The average molecular weight is 277 g/mol. The zero-order chi connectivity index (χ0) is 13.1. The minimum atomic E-state index is 0.591. The molecular formula is C11H15N7S. The van der Waals surface area contributed by atoms with Crippen molar-refractivity contribution in [1.29, 1.82) is 0 Å². The van der Waals surface area contributed by atoms with Gasteiger partial charge in [-0.25, -0.2) is 15.8 Å². The summed E-state index contributed by atoms with van der Waals surface area (Å²) in [5.41, 5.74) is 2.51. The summed E-state index contributed by atoms with van der Waals surface area (Å²) in [6.45, 7) is 0.984. The lowest BCUT2D eigenvalue weighted by atomic mass is 10.2. The first kappa shape index (κ1) is 12.4. The SMILES string of the molecule is NNc1cc(Sc2nnc3n2CCCCC3)ncn1. The van der Waals surface area contributed by atoms with Crippen LogP contribution in [0.1, 0.15) is 25.1 Å². The number of aryl methyl sites for hydroxylation is 1. The van der Waals surface area contributed by atoms with Gasteiger partial charge in [0.05, 0.1) is 0 Å². The molecule has 0 unspecified atom stereocenters. The van der Waals surface area contributed by atoms with Crippen LogP contribution in [0.4, 0.5) is 5.82 Å². The van der Waals surface area contributed by atoms with Crippen molar-refractivity contribution in [1.82, 2.24) is 24.7 Å². The number of nitrogens with two attached hydrogens (primary N) is 1. The number of rotatable bonds is 3. The predicted octanol–water partition coefficient (Wildman–Crippen LogP) is 1.23. The number of nitrogen functional groups attached to an aromatic ring is 1. The van der Waals surface area contributed by atoms with Crippen molar-refractivity contribution in [3.63, 3.8) is 0 Å². The summed E-state index contributed by atoms with van der Waals surface area (Å²) >= 11 is 1.49. The second-order valence-corrected chi connectivity index (χ2v) is 5.34. The summed E-state index contributed by atoms with van der Waals surface area (Å²) in [7, 11) is 0. The molecular weight excluding hydrogens is 262 g/mol. The molecule has 0 aromatic carbocycles. The Balaban J connectivity index is 1.84. The molecule has 3 heterocycles. The van der Waals surface area contributed by atoms with Crippen LogP contribution in [0.3, 0.4) is 0 Å². The Bertz CT molecular complexity index is 568. The molecule has 0 saturated heterocycles. The van der Waals surface area contributed by atoms with E-state index in [-0.39, 0.29) is 0 Å². The summed E-state index contributed by atoms with van der Waals surface area (Å²) in [4.78, 5) is 8.20. The van der Waals surface area contributed by atoms with E-state index in [2.05, 4.69) is 30.2 Å². The molecule has 19 heavy (non-hydrogen) atoms. The van der Waals surface area contributed by atoms with Crippen LogP contribution >= 0.6 is 11.8 Å². The highest BCUT2D eigenvalue weighted by Crippen LogP contribution is 2.27. The van der Waals surface area contributed by atoms with Gasteiger partial charge in [-0.15, -0.1) is 10.2 Å². The summed E-state index contributed by atoms with van der Waals surface area (Å²) in [6, 6.07) is 1.79. The van der Waals surface area contributed by atoms with Gasteiger partial charge < -0.3 is 9.99 Å². The van der Waals surface area contributed by atoms with E-state index in [4.69, 9.17) is 5.84 Å². The van der Waals surface area contributed by atoms with E-state index in [0.29, 0.717) is 5.82 Å². The number of fused-ring (bicyclic) bond motifs is 1. The van der Waals surface area contributed by atoms with Gasteiger partial charge in [-0.2, -0.15) is 0 Å². The highest BCUT2D eigenvalue weighted by molar-refractivity contribution is 7.99. The van der Waals surface area contributed by atoms with Crippen LogP contribution < -0.4 is 11.3 Å². The van der Waals surface area contributed by atoms with Gasteiger partial charge in [0, 0.05) is 19.0 Å². The highest BCUT2D eigenvalue weighted by Gasteiger charge is 2.16. The quantitative estimate of drug-likeness (QED) is 0.495. The molecule has 3 rings (SSSR count). The van der Waals surface area contributed by atoms with Gasteiger partial charge in [-0.1, -0.05) is 6.42 Å². The lowest BCUT2D eigenvalue weighted by molar-refractivity contribution is 0.590. The van der Waals surface area contributed by atoms with Crippen LogP contribution in [0.25, 0.3) is 0 Å². The largest absolute Gasteiger partial charge is 0.308 e. The molecule has 0 spiro atoms. The Hall–Kier alpha value is -1.67. The third-order valence-corrected chi connectivity index (χ3v) is 3.98. The van der Waals surface area contributed by atoms with E-state index in [0.717, 1.165) is 29.0 Å². The maximum Gasteiger partial charge on any atom is 0.197 e. The third kappa shape index (κ3) is 2.69. The Morgan fingerprint density at radius 3 is 3.05 bits per heavy atom. The Morgan fingerprint density at radius 2 is 2.16 bits per heavy atom. The monoisotopic (exact) mass is 277 g/mol. The molecule has 100 valence electrons. The number of hydrazine groups is 1. The first-order valence-electron chi connectivity index (χ1n) is 6.25. The van der Waals surface area contributed by atoms with Crippen molar-refractivity contribution in [2.24, 2.45) is 5.84 Å². The topological polar surface area (TPSA) is 94.5 Å². The Morgan fingerprint density at radius 1 is 1.21 bits per heavy atom. The van der Waals surface area contributed by atoms with Crippen molar-refractivity contribution in [2.75, 3.05) is 5.43 Å². The summed E-state index contributed by atoms with van der Waals surface area (Å²) < 4.78 is 2.19. The van der Waals surface area contributed by atoms with Gasteiger partial charge in [0.1, 0.15) is 23.0 Å². The second kappa shape index (κ2) is 5.54. The number of nitrogens with one attached hydrogen (secondary N) is 1. The van der Waals surface area contributed by atoms with Crippen molar-refractivity contribution in [2.45, 2.75) is 42.4 Å². The molecule has 7 nitrogen and oxygen atoms in total. The van der Waals surface area contributed by atoms with Crippen LogP contribution in [0.2, 0.25) is 0 Å². The first-order valence-corrected chi connectivity index (χ1v) is 7.07. The van der Waals surface area contributed by atoms with Gasteiger partial charge in [-0.3, -0.25) is 0 Å². The number of nitrogens with zero attached hydrogens (tertiary/aromatic N) is 5. The van der Waals surface area contributed by atoms with Crippen molar-refractivity contribution >= 4 is 17.6 Å². The summed E-state index contributed by atoms with van der Waals surface area (Å²) in [5, 5.41) is 10.2. The Kier molecular flexibility index (Phi) is 3.60. The van der Waals surface area contributed by atoms with E-state index < -0.39 is 0 Å². The number of hydrogen-bond acceptors (Lipinski definition) is 7. The fraction of sp³-hybridized carbons (Fsp3) is 0.455. The van der Waals surface area contributed by atoms with E-state index in [1.54, 1.807) is 6.07 Å².